The summed E-state index contributed by atoms with van der Waals surface area (Å²) in [6, 6.07) is 22.9. The summed E-state index contributed by atoms with van der Waals surface area (Å²) in [5.41, 5.74) is 6.59. The van der Waals surface area contributed by atoms with Crippen LogP contribution < -0.4 is 5.32 Å². The van der Waals surface area contributed by atoms with E-state index in [9.17, 15) is 9.59 Å². The highest BCUT2D eigenvalue weighted by atomic mass is 35.5. The number of rotatable bonds is 7. The molecule has 2 aliphatic heterocycles. The first-order valence-corrected chi connectivity index (χ1v) is 16.8. The Morgan fingerprint density at radius 1 is 0.729 bits per heavy atom. The monoisotopic (exact) mass is 693 g/mol. The van der Waals surface area contributed by atoms with Gasteiger partial charge in [0.2, 0.25) is 0 Å². The van der Waals surface area contributed by atoms with Gasteiger partial charge in [-0.1, -0.05) is 105 Å². The predicted molar refractivity (Wildman–Crippen MR) is 190 cm³/mol. The summed E-state index contributed by atoms with van der Waals surface area (Å²) in [5.74, 6) is -0.242. The zero-order valence-electron chi connectivity index (χ0n) is 28.1. The normalized spacial score (nSPS) is 12.3. The van der Waals surface area contributed by atoms with Crippen LogP contribution in [0.1, 0.15) is 61.1 Å². The Morgan fingerprint density at radius 3 is 1.73 bits per heavy atom. The van der Waals surface area contributed by atoms with Crippen LogP contribution in [0, 0.1) is 0 Å². The molecule has 0 fully saturated rings. The number of fused-ring (bicyclic) bond motifs is 2. The third kappa shape index (κ3) is 13.6. The zero-order valence-corrected chi connectivity index (χ0v) is 29.6. The van der Waals surface area contributed by atoms with Gasteiger partial charge in [0.25, 0.3) is 0 Å². The van der Waals surface area contributed by atoms with Gasteiger partial charge in [0.1, 0.15) is 23.5 Å². The molecule has 4 heterocycles. The van der Waals surface area contributed by atoms with Crippen molar-refractivity contribution in [3.63, 3.8) is 0 Å². The largest absolute Gasteiger partial charge is 0.461 e. The van der Waals surface area contributed by atoms with Gasteiger partial charge in [-0.15, -0.1) is 0 Å². The molecule has 0 atom stereocenters. The van der Waals surface area contributed by atoms with Crippen LogP contribution in [0.2, 0.25) is 10.3 Å². The van der Waals surface area contributed by atoms with Crippen molar-refractivity contribution >= 4 is 35.3 Å². The summed E-state index contributed by atoms with van der Waals surface area (Å²) in [5, 5.41) is 4.25. The number of halogens is 2. The fourth-order valence-corrected chi connectivity index (χ4v) is 5.14. The van der Waals surface area contributed by atoms with E-state index >= 15 is 0 Å². The van der Waals surface area contributed by atoms with E-state index in [2.05, 4.69) is 41.0 Å². The molecule has 1 amide bonds. The Bertz CT molecular complexity index is 1550. The number of hydrogen-bond acceptors (Lipinski definition) is 8. The molecule has 0 bridgehead atoms. The molecule has 48 heavy (non-hydrogen) atoms. The van der Waals surface area contributed by atoms with E-state index in [1.807, 2.05) is 72.9 Å². The second-order valence-electron chi connectivity index (χ2n) is 10.9. The fourth-order valence-electron chi connectivity index (χ4n) is 4.77. The molecule has 0 aliphatic carbocycles. The molecule has 11 heteroatoms. The minimum Gasteiger partial charge on any atom is -0.461 e. The zero-order chi connectivity index (χ0) is 34.7. The number of hydrogen-bond donors (Lipinski definition) is 1. The van der Waals surface area contributed by atoms with Crippen molar-refractivity contribution < 1.29 is 19.1 Å². The quantitative estimate of drug-likeness (QED) is 0.155. The number of carbonyl (C=O) groups is 2. The first-order valence-electron chi connectivity index (χ1n) is 16.0. The highest BCUT2D eigenvalue weighted by molar-refractivity contribution is 6.29. The molecule has 0 saturated heterocycles. The molecule has 1 N–H and O–H groups in total. The van der Waals surface area contributed by atoms with Crippen LogP contribution in [0.25, 0.3) is 0 Å². The molecule has 2 aliphatic rings. The number of aromatic nitrogens is 2. The maximum absolute atomic E-state index is 12.0. The Balaban J connectivity index is 0.000000190. The molecular weight excluding hydrogens is 649 g/mol. The highest BCUT2D eigenvalue weighted by Crippen LogP contribution is 2.24. The van der Waals surface area contributed by atoms with Gasteiger partial charge >= 0.3 is 12.1 Å². The third-order valence-electron chi connectivity index (χ3n) is 7.54. The van der Waals surface area contributed by atoms with Crippen LogP contribution in [-0.2, 0) is 53.7 Å². The Morgan fingerprint density at radius 2 is 1.21 bits per heavy atom. The molecule has 6 rings (SSSR count). The molecule has 2 aromatic heterocycles. The number of carbonyl (C=O) groups excluding carboxylic acids is 2. The van der Waals surface area contributed by atoms with Crippen LogP contribution >= 0.6 is 23.2 Å². The van der Waals surface area contributed by atoms with E-state index < -0.39 is 0 Å². The van der Waals surface area contributed by atoms with E-state index in [1.54, 1.807) is 17.2 Å². The van der Waals surface area contributed by atoms with E-state index in [1.165, 1.54) is 37.7 Å². The molecule has 4 aromatic rings. The lowest BCUT2D eigenvalue weighted by Crippen LogP contribution is -2.25. The summed E-state index contributed by atoms with van der Waals surface area (Å²) in [6.07, 6.45) is 3.22. The van der Waals surface area contributed by atoms with Crippen molar-refractivity contribution in [3.8, 4) is 0 Å². The lowest BCUT2D eigenvalue weighted by atomic mass is 10.2. The molecule has 0 unspecified atom stereocenters. The van der Waals surface area contributed by atoms with Crippen LogP contribution in [0.3, 0.4) is 0 Å². The van der Waals surface area contributed by atoms with Gasteiger partial charge in [-0.05, 0) is 65.1 Å². The van der Waals surface area contributed by atoms with Crippen LogP contribution in [0.4, 0.5) is 4.79 Å². The first kappa shape index (κ1) is 38.4. The summed E-state index contributed by atoms with van der Waals surface area (Å²) < 4.78 is 10.1. The summed E-state index contributed by atoms with van der Waals surface area (Å²) in [6.45, 7) is 15.1. The number of esters is 1. The van der Waals surface area contributed by atoms with Gasteiger partial charge in [-0.3, -0.25) is 9.69 Å². The van der Waals surface area contributed by atoms with Crippen LogP contribution in [-0.4, -0.2) is 51.5 Å². The summed E-state index contributed by atoms with van der Waals surface area (Å²) >= 11 is 11.5. The number of pyridine rings is 2. The van der Waals surface area contributed by atoms with Crippen molar-refractivity contribution in [1.29, 1.82) is 0 Å². The smallest absolute Gasteiger partial charge is 0.410 e. The maximum atomic E-state index is 12.0. The number of nitrogens with zero attached hydrogens (tertiary/aromatic N) is 4. The molecule has 0 saturated carbocycles. The SMILES string of the molecule is CC(=O)OCc1ccccc1.CCN(CC)CC.Clc1cc2c(cn1)CNC2.O=C(OCc1ccccc1)N1Cc2cnc(Cl)cc2C1. The van der Waals surface area contributed by atoms with Gasteiger partial charge in [-0.25, -0.2) is 14.8 Å². The Labute approximate surface area is 294 Å². The number of nitrogens with one attached hydrogen (secondary N) is 1. The number of amides is 1. The van der Waals surface area contributed by atoms with Crippen molar-refractivity contribution in [2.45, 2.75) is 67.1 Å². The highest BCUT2D eigenvalue weighted by Gasteiger charge is 2.25. The van der Waals surface area contributed by atoms with E-state index in [4.69, 9.17) is 32.7 Å². The third-order valence-corrected chi connectivity index (χ3v) is 7.96. The molecule has 0 radical (unpaired) electrons. The Hall–Kier alpha value is -4.02. The maximum Gasteiger partial charge on any atom is 0.410 e. The minimum absolute atomic E-state index is 0.242. The minimum atomic E-state index is -0.318. The topological polar surface area (TPSA) is 96.9 Å². The van der Waals surface area contributed by atoms with Gasteiger partial charge in [-0.2, -0.15) is 0 Å². The predicted octanol–water partition coefficient (Wildman–Crippen LogP) is 7.82. The lowest BCUT2D eigenvalue weighted by Gasteiger charge is -2.15. The van der Waals surface area contributed by atoms with Gasteiger partial charge in [0.15, 0.2) is 0 Å². The average molecular weight is 695 g/mol. The van der Waals surface area contributed by atoms with Gasteiger partial charge < -0.3 is 19.7 Å². The Kier molecular flexibility index (Phi) is 16.9. The first-order chi connectivity index (χ1) is 23.2. The summed E-state index contributed by atoms with van der Waals surface area (Å²) in [4.78, 5) is 34.4. The summed E-state index contributed by atoms with van der Waals surface area (Å²) in [7, 11) is 0. The van der Waals surface area contributed by atoms with Crippen molar-refractivity contribution in [2.24, 2.45) is 0 Å². The van der Waals surface area contributed by atoms with Gasteiger partial charge in [0, 0.05) is 39.0 Å². The van der Waals surface area contributed by atoms with Crippen molar-refractivity contribution in [1.82, 2.24) is 25.1 Å². The van der Waals surface area contributed by atoms with Crippen molar-refractivity contribution in [3.05, 3.63) is 129 Å². The number of benzene rings is 2. The second kappa shape index (κ2) is 21.1. The second-order valence-corrected chi connectivity index (χ2v) is 11.7. The average Bonchev–Trinajstić information content (AvgIpc) is 3.75. The van der Waals surface area contributed by atoms with Crippen molar-refractivity contribution in [2.75, 3.05) is 19.6 Å². The van der Waals surface area contributed by atoms with E-state index in [0.717, 1.165) is 35.3 Å². The number of ether oxygens (including phenoxy) is 2. The molecular formula is C37H45Cl2N5O4. The van der Waals surface area contributed by atoms with Gasteiger partial charge in [0.05, 0.1) is 6.54 Å². The van der Waals surface area contributed by atoms with E-state index in [-0.39, 0.29) is 18.7 Å². The standard InChI is InChI=1S/C15H13ClN2O2.C9H10O2.C7H7ClN2.C6H15N/c16-14-6-12-8-18(9-13(12)7-17-14)15(19)20-10-11-4-2-1-3-5-11;1-8(10)11-7-9-5-3-2-4-6-9;8-7-1-5-2-9-3-6(5)4-10-7;1-4-7(5-2)6-3/h1-7H,8-10H2;2-6H,7H2,1H3;1,4,9H,2-3H2;4-6H2,1-3H3. The fraction of sp³-hybridized carbons (Fsp3) is 0.351. The van der Waals surface area contributed by atoms with Crippen LogP contribution in [0.5, 0.6) is 0 Å². The van der Waals surface area contributed by atoms with E-state index in [0.29, 0.717) is 30.0 Å². The molecule has 0 spiro atoms. The van der Waals surface area contributed by atoms with Crippen LogP contribution in [0.15, 0.2) is 85.2 Å². The molecule has 256 valence electrons. The lowest BCUT2D eigenvalue weighted by molar-refractivity contribution is -0.142. The molecule has 9 nitrogen and oxygen atoms in total. The molecule has 2 aromatic carbocycles.